The molecule has 16 heteroatoms. The van der Waals surface area contributed by atoms with Crippen molar-refractivity contribution in [2.75, 3.05) is 129 Å². The van der Waals surface area contributed by atoms with Crippen molar-refractivity contribution in [3.05, 3.63) is 72.8 Å². The average Bonchev–Trinajstić information content (AvgIpc) is 3.29. The Hall–Kier alpha value is -3.94. The maximum absolute atomic E-state index is 6.40. The fourth-order valence-electron chi connectivity index (χ4n) is 5.67. The number of benzene rings is 3. The Kier molecular flexibility index (Phi) is 26.8. The van der Waals surface area contributed by atoms with Crippen LogP contribution in [0.2, 0.25) is 0 Å². The van der Waals surface area contributed by atoms with E-state index < -0.39 is 12.2 Å². The van der Waals surface area contributed by atoms with Gasteiger partial charge in [-0.15, -0.1) is 0 Å². The molecule has 3 aromatic rings. The van der Waals surface area contributed by atoms with Gasteiger partial charge >= 0.3 is 0 Å². The van der Waals surface area contributed by atoms with Crippen molar-refractivity contribution in [3.8, 4) is 34.5 Å². The number of methoxy groups -OCH3 is 7. The molecule has 0 aliphatic heterocycles. The first kappa shape index (κ1) is 51.4. The maximum atomic E-state index is 6.40. The summed E-state index contributed by atoms with van der Waals surface area (Å²) in [5, 5.41) is 3.19. The van der Waals surface area contributed by atoms with E-state index in [0.717, 1.165) is 0 Å². The predicted octanol–water partition coefficient (Wildman–Crippen LogP) is 5.09. The number of likely N-dealkylation sites (N-methyl/N-ethyl adjacent to an activating group) is 1. The van der Waals surface area contributed by atoms with E-state index in [1.165, 1.54) is 0 Å². The molecule has 0 bridgehead atoms. The van der Waals surface area contributed by atoms with Gasteiger partial charge in [-0.3, -0.25) is 0 Å². The lowest BCUT2D eigenvalue weighted by molar-refractivity contribution is -0.110. The number of nitrogens with one attached hydrogen (secondary N) is 1. The summed E-state index contributed by atoms with van der Waals surface area (Å²) < 4.78 is 86.6. The molecule has 3 rings (SSSR count). The zero-order valence-electron chi connectivity index (χ0n) is 37.2. The summed E-state index contributed by atoms with van der Waals surface area (Å²) in [6.45, 7) is 3.76. The Morgan fingerprint density at radius 1 is 0.393 bits per heavy atom. The Morgan fingerprint density at radius 2 is 0.770 bits per heavy atom. The highest BCUT2D eigenvalue weighted by Crippen LogP contribution is 2.23. The molecule has 0 radical (unpaired) electrons. The van der Waals surface area contributed by atoms with E-state index in [1.54, 1.807) is 49.8 Å². The smallest absolute Gasteiger partial charge is 0.160 e. The van der Waals surface area contributed by atoms with Crippen LogP contribution in [0.4, 0.5) is 0 Å². The molecular weight excluding hydrogens is 794 g/mol. The molecule has 0 saturated heterocycles. The number of hydrogen-bond donors (Lipinski definition) is 1. The molecule has 1 N–H and O–H groups in total. The molecule has 5 atom stereocenters. The van der Waals surface area contributed by atoms with Crippen LogP contribution in [0.5, 0.6) is 34.5 Å². The highest BCUT2D eigenvalue weighted by molar-refractivity contribution is 5.34. The molecule has 0 aromatic heterocycles. The first-order chi connectivity index (χ1) is 29.9. The number of ether oxygens (including phenoxy) is 15. The van der Waals surface area contributed by atoms with Crippen LogP contribution in [-0.4, -0.2) is 166 Å². The quantitative estimate of drug-likeness (QED) is 0.0767. The maximum Gasteiger partial charge on any atom is 0.160 e. The molecule has 0 saturated carbocycles. The van der Waals surface area contributed by atoms with Gasteiger partial charge in [-0.1, -0.05) is 18.2 Å². The lowest BCUT2D eigenvalue weighted by Crippen LogP contribution is -2.38. The second-order valence-electron chi connectivity index (χ2n) is 13.8. The standard InChI is InChI=1S/C45H69NO15/c1-46-25-41(28-56-36-14-10-13-35(23-36)55-21-19-45(52-7)53-8)60-33-44(32-59-39-17-11-16-38(24-39)57-29-42(50-5)27-48-3)61-31-43(51-6)30-58-37-15-9-12-34(22-37)54-20-18-40(49-4)26-47-2/h9-17,22-24,40-46H,18-21,25-33H2,1-8H3. The van der Waals surface area contributed by atoms with E-state index >= 15 is 0 Å². The third-order valence-electron chi connectivity index (χ3n) is 9.19. The Balaban J connectivity index is 1.62. The van der Waals surface area contributed by atoms with Crippen LogP contribution in [0.25, 0.3) is 0 Å². The van der Waals surface area contributed by atoms with E-state index in [-0.39, 0.29) is 57.6 Å². The Labute approximate surface area is 362 Å². The first-order valence-electron chi connectivity index (χ1n) is 20.4. The van der Waals surface area contributed by atoms with Gasteiger partial charge in [0.15, 0.2) is 6.29 Å². The zero-order valence-corrected chi connectivity index (χ0v) is 37.2. The van der Waals surface area contributed by atoms with Crippen LogP contribution >= 0.6 is 0 Å². The van der Waals surface area contributed by atoms with E-state index in [0.29, 0.717) is 86.9 Å². The van der Waals surface area contributed by atoms with Crippen molar-refractivity contribution in [1.29, 1.82) is 0 Å². The second kappa shape index (κ2) is 31.8. The van der Waals surface area contributed by atoms with Crippen molar-refractivity contribution < 1.29 is 71.1 Å². The first-order valence-corrected chi connectivity index (χ1v) is 20.4. The highest BCUT2D eigenvalue weighted by Gasteiger charge is 2.20. The van der Waals surface area contributed by atoms with Crippen molar-refractivity contribution in [1.82, 2.24) is 5.32 Å². The minimum absolute atomic E-state index is 0.0422. The van der Waals surface area contributed by atoms with Crippen LogP contribution in [0, 0.1) is 0 Å². The van der Waals surface area contributed by atoms with Crippen LogP contribution < -0.4 is 33.7 Å². The molecular formula is C45H69NO15. The summed E-state index contributed by atoms with van der Waals surface area (Å²) in [6.07, 6.45) is -0.524. The molecule has 0 aliphatic carbocycles. The topological polar surface area (TPSA) is 150 Å². The largest absolute Gasteiger partial charge is 0.493 e. The minimum atomic E-state index is -0.494. The fourth-order valence-corrected chi connectivity index (χ4v) is 5.67. The summed E-state index contributed by atoms with van der Waals surface area (Å²) >= 11 is 0. The van der Waals surface area contributed by atoms with Crippen LogP contribution in [0.3, 0.4) is 0 Å². The minimum Gasteiger partial charge on any atom is -0.493 e. The monoisotopic (exact) mass is 863 g/mol. The lowest BCUT2D eigenvalue weighted by atomic mass is 10.3. The fraction of sp³-hybridized carbons (Fsp3) is 0.600. The molecule has 0 heterocycles. The SMILES string of the molecule is CNCC(COc1cccc(OCCC(OC)OC)c1)OCC(COc1cccc(OCC(COC)OC)c1)OCC(COc1cccc(OCCC(COC)OC)c1)OC. The van der Waals surface area contributed by atoms with Crippen LogP contribution in [0.1, 0.15) is 12.8 Å². The summed E-state index contributed by atoms with van der Waals surface area (Å²) in [4.78, 5) is 0. The van der Waals surface area contributed by atoms with E-state index in [1.807, 2.05) is 79.8 Å². The van der Waals surface area contributed by atoms with Gasteiger partial charge in [-0.2, -0.15) is 0 Å². The van der Waals surface area contributed by atoms with E-state index in [2.05, 4.69) is 5.32 Å². The molecule has 0 fully saturated rings. The summed E-state index contributed by atoms with van der Waals surface area (Å²) in [5.74, 6) is 3.89. The predicted molar refractivity (Wildman–Crippen MR) is 229 cm³/mol. The third kappa shape index (κ3) is 21.6. The van der Waals surface area contributed by atoms with Gasteiger partial charge in [-0.25, -0.2) is 0 Å². The molecule has 3 aromatic carbocycles. The number of rotatable bonds is 37. The normalized spacial score (nSPS) is 13.9. The zero-order chi connectivity index (χ0) is 43.9. The summed E-state index contributed by atoms with van der Waals surface area (Å²) in [5.41, 5.74) is 0. The van der Waals surface area contributed by atoms with Crippen molar-refractivity contribution in [2.45, 2.75) is 49.7 Å². The lowest BCUT2D eigenvalue weighted by Gasteiger charge is -2.25. The summed E-state index contributed by atoms with van der Waals surface area (Å²) in [7, 11) is 13.2. The molecule has 0 aliphatic rings. The van der Waals surface area contributed by atoms with Crippen molar-refractivity contribution >= 4 is 0 Å². The Bertz CT molecular complexity index is 1530. The van der Waals surface area contributed by atoms with Gasteiger partial charge < -0.3 is 76.4 Å². The third-order valence-corrected chi connectivity index (χ3v) is 9.19. The van der Waals surface area contributed by atoms with Gasteiger partial charge in [0.05, 0.1) is 45.7 Å². The van der Waals surface area contributed by atoms with Crippen molar-refractivity contribution in [3.63, 3.8) is 0 Å². The highest BCUT2D eigenvalue weighted by atomic mass is 16.7. The Morgan fingerprint density at radius 3 is 1.21 bits per heavy atom. The van der Waals surface area contributed by atoms with Crippen molar-refractivity contribution in [2.24, 2.45) is 0 Å². The van der Waals surface area contributed by atoms with Gasteiger partial charge in [0.25, 0.3) is 0 Å². The second-order valence-corrected chi connectivity index (χ2v) is 13.8. The summed E-state index contributed by atoms with van der Waals surface area (Å²) in [6, 6.07) is 22.3. The average molecular weight is 864 g/mol. The number of hydrogen-bond acceptors (Lipinski definition) is 16. The van der Waals surface area contributed by atoms with Gasteiger partial charge in [0, 0.05) is 87.4 Å². The van der Waals surface area contributed by atoms with Gasteiger partial charge in [0.2, 0.25) is 0 Å². The van der Waals surface area contributed by atoms with Crippen LogP contribution in [0.15, 0.2) is 72.8 Å². The molecule has 61 heavy (non-hydrogen) atoms. The molecule has 344 valence electrons. The molecule has 5 unspecified atom stereocenters. The van der Waals surface area contributed by atoms with E-state index in [9.17, 15) is 0 Å². The molecule has 16 nitrogen and oxygen atoms in total. The van der Waals surface area contributed by atoms with Crippen LogP contribution in [-0.2, 0) is 42.6 Å². The molecule has 0 amide bonds. The van der Waals surface area contributed by atoms with Gasteiger partial charge in [0.1, 0.15) is 85.3 Å². The molecule has 0 spiro atoms. The van der Waals surface area contributed by atoms with Gasteiger partial charge in [-0.05, 0) is 43.4 Å². The van der Waals surface area contributed by atoms with E-state index in [4.69, 9.17) is 71.1 Å².